The standard InChI is InChI=1S/C14H16Cl2N2/c1-8-4-3-5-10(15)12(8)13-9(2)6-14(17,18)7-11(13)16/h3-6H,7,17-18H2,1-2H3. The summed E-state index contributed by atoms with van der Waals surface area (Å²) in [7, 11) is 0. The molecule has 0 spiro atoms. The van der Waals surface area contributed by atoms with Gasteiger partial charge in [-0.2, -0.15) is 0 Å². The highest BCUT2D eigenvalue weighted by molar-refractivity contribution is 6.36. The van der Waals surface area contributed by atoms with Gasteiger partial charge in [0.05, 0.1) is 5.66 Å². The van der Waals surface area contributed by atoms with Crippen molar-refractivity contribution >= 4 is 28.8 Å². The molecule has 2 rings (SSSR count). The zero-order chi connectivity index (χ0) is 13.5. The van der Waals surface area contributed by atoms with E-state index in [1.807, 2.05) is 38.1 Å². The molecule has 1 aliphatic carbocycles. The Balaban J connectivity index is 2.62. The van der Waals surface area contributed by atoms with Crippen LogP contribution < -0.4 is 11.5 Å². The molecule has 0 aliphatic heterocycles. The predicted molar refractivity (Wildman–Crippen MR) is 78.4 cm³/mol. The molecule has 0 fully saturated rings. The predicted octanol–water partition coefficient (Wildman–Crippen LogP) is 3.56. The fourth-order valence-electron chi connectivity index (χ4n) is 2.38. The molecule has 18 heavy (non-hydrogen) atoms. The Bertz CT molecular complexity index is 537. The highest BCUT2D eigenvalue weighted by Gasteiger charge is 2.27. The van der Waals surface area contributed by atoms with Crippen molar-refractivity contribution in [3.8, 4) is 0 Å². The minimum Gasteiger partial charge on any atom is -0.310 e. The largest absolute Gasteiger partial charge is 0.310 e. The molecule has 0 unspecified atom stereocenters. The number of aryl methyl sites for hydroxylation is 1. The number of allylic oxidation sites excluding steroid dienone is 2. The van der Waals surface area contributed by atoms with Gasteiger partial charge < -0.3 is 11.5 Å². The van der Waals surface area contributed by atoms with Crippen molar-refractivity contribution in [3.05, 3.63) is 51.0 Å². The lowest BCUT2D eigenvalue weighted by Gasteiger charge is -2.29. The SMILES string of the molecule is CC1=CC(N)(N)CC(Cl)=C1c1c(C)cccc1Cl. The number of nitrogens with two attached hydrogens (primary N) is 2. The normalized spacial score (nSPS) is 18.9. The van der Waals surface area contributed by atoms with Crippen molar-refractivity contribution in [3.63, 3.8) is 0 Å². The van der Waals surface area contributed by atoms with Crippen LogP contribution in [-0.4, -0.2) is 5.66 Å². The Morgan fingerprint density at radius 2 is 1.83 bits per heavy atom. The average Bonchev–Trinajstić information content (AvgIpc) is 2.19. The summed E-state index contributed by atoms with van der Waals surface area (Å²) >= 11 is 12.6. The van der Waals surface area contributed by atoms with Crippen LogP contribution in [0.2, 0.25) is 5.02 Å². The van der Waals surface area contributed by atoms with E-state index in [-0.39, 0.29) is 0 Å². The lowest BCUT2D eigenvalue weighted by atomic mass is 9.86. The van der Waals surface area contributed by atoms with Crippen LogP contribution in [0.4, 0.5) is 0 Å². The summed E-state index contributed by atoms with van der Waals surface area (Å²) in [5.41, 5.74) is 14.9. The maximum absolute atomic E-state index is 6.36. The topological polar surface area (TPSA) is 52.0 Å². The highest BCUT2D eigenvalue weighted by atomic mass is 35.5. The van der Waals surface area contributed by atoms with Crippen LogP contribution in [0, 0.1) is 6.92 Å². The second kappa shape index (κ2) is 4.71. The van der Waals surface area contributed by atoms with E-state index in [0.717, 1.165) is 22.3 Å². The van der Waals surface area contributed by atoms with Crippen LogP contribution in [0.3, 0.4) is 0 Å². The molecule has 0 amide bonds. The molecule has 4 heteroatoms. The first-order valence-electron chi connectivity index (χ1n) is 5.73. The van der Waals surface area contributed by atoms with Gasteiger partial charge >= 0.3 is 0 Å². The second-order valence-corrected chi connectivity index (χ2v) is 5.69. The maximum Gasteiger partial charge on any atom is 0.0884 e. The molecular formula is C14H16Cl2N2. The summed E-state index contributed by atoms with van der Waals surface area (Å²) in [5.74, 6) is 0. The Kier molecular flexibility index (Phi) is 3.56. The van der Waals surface area contributed by atoms with Crippen LogP contribution in [0.5, 0.6) is 0 Å². The van der Waals surface area contributed by atoms with E-state index in [1.165, 1.54) is 0 Å². The maximum atomic E-state index is 6.36. The molecule has 1 aliphatic rings. The van der Waals surface area contributed by atoms with Crippen LogP contribution in [0.25, 0.3) is 5.57 Å². The molecule has 0 bridgehead atoms. The first-order valence-corrected chi connectivity index (χ1v) is 6.49. The lowest BCUT2D eigenvalue weighted by molar-refractivity contribution is 0.550. The van der Waals surface area contributed by atoms with E-state index < -0.39 is 5.66 Å². The summed E-state index contributed by atoms with van der Waals surface area (Å²) in [6.45, 7) is 3.96. The number of hydrogen-bond donors (Lipinski definition) is 2. The summed E-state index contributed by atoms with van der Waals surface area (Å²) < 4.78 is 0. The van der Waals surface area contributed by atoms with Crippen molar-refractivity contribution in [2.24, 2.45) is 11.5 Å². The smallest absolute Gasteiger partial charge is 0.0884 e. The first kappa shape index (κ1) is 13.6. The highest BCUT2D eigenvalue weighted by Crippen LogP contribution is 2.40. The van der Waals surface area contributed by atoms with Crippen LogP contribution in [0.1, 0.15) is 24.5 Å². The fraction of sp³-hybridized carbons (Fsp3) is 0.286. The van der Waals surface area contributed by atoms with E-state index in [2.05, 4.69) is 0 Å². The molecule has 0 aromatic heterocycles. The molecule has 0 heterocycles. The van der Waals surface area contributed by atoms with E-state index in [4.69, 9.17) is 34.7 Å². The van der Waals surface area contributed by atoms with Gasteiger partial charge in [0, 0.05) is 27.6 Å². The Labute approximate surface area is 117 Å². The zero-order valence-electron chi connectivity index (χ0n) is 10.4. The summed E-state index contributed by atoms with van der Waals surface area (Å²) in [6.07, 6.45) is 2.27. The van der Waals surface area contributed by atoms with Gasteiger partial charge in [-0.05, 0) is 37.1 Å². The second-order valence-electron chi connectivity index (χ2n) is 4.83. The summed E-state index contributed by atoms with van der Waals surface area (Å²) in [5, 5.41) is 1.36. The van der Waals surface area contributed by atoms with E-state index in [9.17, 15) is 0 Å². The zero-order valence-corrected chi connectivity index (χ0v) is 11.9. The van der Waals surface area contributed by atoms with Gasteiger partial charge in [0.1, 0.15) is 0 Å². The van der Waals surface area contributed by atoms with Gasteiger partial charge in [0.2, 0.25) is 0 Å². The lowest BCUT2D eigenvalue weighted by Crippen LogP contribution is -2.48. The molecule has 0 saturated carbocycles. The summed E-state index contributed by atoms with van der Waals surface area (Å²) in [6, 6.07) is 5.80. The average molecular weight is 283 g/mol. The Morgan fingerprint density at radius 3 is 2.39 bits per heavy atom. The van der Waals surface area contributed by atoms with Crippen molar-refractivity contribution < 1.29 is 0 Å². The number of rotatable bonds is 1. The number of hydrogen-bond acceptors (Lipinski definition) is 2. The van der Waals surface area contributed by atoms with Crippen LogP contribution >= 0.6 is 23.2 Å². The quantitative estimate of drug-likeness (QED) is 0.774. The van der Waals surface area contributed by atoms with Gasteiger partial charge in [-0.1, -0.05) is 35.3 Å². The third kappa shape index (κ3) is 2.47. The molecule has 1 aromatic rings. The molecule has 1 aromatic carbocycles. The van der Waals surface area contributed by atoms with E-state index >= 15 is 0 Å². The fourth-order valence-corrected chi connectivity index (χ4v) is 3.17. The number of halogens is 2. The first-order chi connectivity index (χ1) is 8.32. The third-order valence-corrected chi connectivity index (χ3v) is 3.72. The Morgan fingerprint density at radius 1 is 1.17 bits per heavy atom. The molecule has 0 atom stereocenters. The molecule has 0 saturated heterocycles. The van der Waals surface area contributed by atoms with Crippen molar-refractivity contribution in [1.82, 2.24) is 0 Å². The van der Waals surface area contributed by atoms with Gasteiger partial charge in [-0.25, -0.2) is 0 Å². The van der Waals surface area contributed by atoms with Crippen molar-refractivity contribution in [2.45, 2.75) is 25.9 Å². The molecule has 96 valence electrons. The molecule has 4 N–H and O–H groups in total. The Hall–Kier alpha value is -0.800. The number of benzene rings is 1. The van der Waals surface area contributed by atoms with Gasteiger partial charge in [-0.15, -0.1) is 0 Å². The van der Waals surface area contributed by atoms with Gasteiger partial charge in [-0.3, -0.25) is 0 Å². The third-order valence-electron chi connectivity index (χ3n) is 3.08. The minimum absolute atomic E-state index is 0.423. The van der Waals surface area contributed by atoms with Gasteiger partial charge in [0.15, 0.2) is 0 Å². The van der Waals surface area contributed by atoms with Gasteiger partial charge in [0.25, 0.3) is 0 Å². The minimum atomic E-state index is -0.875. The van der Waals surface area contributed by atoms with Crippen molar-refractivity contribution in [1.29, 1.82) is 0 Å². The van der Waals surface area contributed by atoms with E-state index in [0.29, 0.717) is 16.5 Å². The molecule has 0 radical (unpaired) electrons. The van der Waals surface area contributed by atoms with Crippen LogP contribution in [-0.2, 0) is 0 Å². The van der Waals surface area contributed by atoms with Crippen molar-refractivity contribution in [2.75, 3.05) is 0 Å². The monoisotopic (exact) mass is 282 g/mol. The van der Waals surface area contributed by atoms with E-state index in [1.54, 1.807) is 0 Å². The van der Waals surface area contributed by atoms with Crippen LogP contribution in [0.15, 0.2) is 34.9 Å². The molecular weight excluding hydrogens is 267 g/mol. The molecule has 2 nitrogen and oxygen atoms in total. The summed E-state index contributed by atoms with van der Waals surface area (Å²) in [4.78, 5) is 0.